The van der Waals surface area contributed by atoms with Crippen LogP contribution in [0, 0.1) is 0 Å². The Hall–Kier alpha value is -2.41. The summed E-state index contributed by atoms with van der Waals surface area (Å²) in [5.74, 6) is 0.0980. The highest BCUT2D eigenvalue weighted by Gasteiger charge is 2.13. The van der Waals surface area contributed by atoms with E-state index in [2.05, 4.69) is 36.6 Å². The van der Waals surface area contributed by atoms with Gasteiger partial charge in [-0.15, -0.1) is 0 Å². The lowest BCUT2D eigenvalue weighted by Crippen LogP contribution is -2.29. The molecule has 0 spiro atoms. The largest absolute Gasteiger partial charge is 0.484 e. The van der Waals surface area contributed by atoms with Gasteiger partial charge in [0.15, 0.2) is 6.61 Å². The van der Waals surface area contributed by atoms with Gasteiger partial charge in [-0.2, -0.15) is 5.10 Å². The number of nitrogens with zero attached hydrogens (tertiary/aromatic N) is 1. The molecule has 0 atom stereocenters. The van der Waals surface area contributed by atoms with E-state index in [0.29, 0.717) is 24.6 Å². The molecule has 1 rings (SSSR count). The second-order valence-corrected chi connectivity index (χ2v) is 7.32. The molecule has 0 saturated heterocycles. The van der Waals surface area contributed by atoms with Crippen LogP contribution in [0.3, 0.4) is 0 Å². The van der Waals surface area contributed by atoms with Crippen molar-refractivity contribution in [3.63, 3.8) is 0 Å². The maximum absolute atomic E-state index is 11.8. The van der Waals surface area contributed by atoms with Gasteiger partial charge in [0.05, 0.1) is 6.42 Å². The number of carbonyl (C=O) groups is 2. The molecule has 1 aromatic carbocycles. The number of hydrogen-bond acceptors (Lipinski definition) is 5. The van der Waals surface area contributed by atoms with Crippen molar-refractivity contribution in [1.82, 2.24) is 10.7 Å². The summed E-state index contributed by atoms with van der Waals surface area (Å²) in [6.45, 7) is 9.09. The first-order valence-corrected chi connectivity index (χ1v) is 9.03. The van der Waals surface area contributed by atoms with Gasteiger partial charge in [-0.3, -0.25) is 9.59 Å². The summed E-state index contributed by atoms with van der Waals surface area (Å²) in [6.07, 6.45) is 0.881. The summed E-state index contributed by atoms with van der Waals surface area (Å²) < 4.78 is 10.4. The van der Waals surface area contributed by atoms with Gasteiger partial charge in [0, 0.05) is 26.0 Å². The first-order valence-electron chi connectivity index (χ1n) is 9.03. The van der Waals surface area contributed by atoms with Crippen LogP contribution < -0.4 is 15.5 Å². The van der Waals surface area contributed by atoms with Crippen LogP contribution >= 0.6 is 0 Å². The zero-order valence-corrected chi connectivity index (χ0v) is 16.9. The van der Waals surface area contributed by atoms with Crippen LogP contribution in [0.1, 0.15) is 46.1 Å². The molecule has 0 unspecified atom stereocenters. The normalized spacial score (nSPS) is 11.8. The number of amides is 2. The minimum Gasteiger partial charge on any atom is -0.484 e. The van der Waals surface area contributed by atoms with Crippen LogP contribution in [-0.4, -0.2) is 44.4 Å². The maximum Gasteiger partial charge on any atom is 0.277 e. The number of carbonyl (C=O) groups excluding carboxylic acids is 2. The van der Waals surface area contributed by atoms with E-state index < -0.39 is 0 Å². The molecule has 7 heteroatoms. The topological polar surface area (TPSA) is 89.0 Å². The van der Waals surface area contributed by atoms with Crippen molar-refractivity contribution in [3.05, 3.63) is 29.8 Å². The molecule has 2 amide bonds. The standard InChI is InChI=1S/C20H31N3O4/c1-15(13-18(24)21-11-6-12-26-5)22-23-19(25)14-27-17-9-7-16(8-10-17)20(2,3)4/h7-10H,6,11-14H2,1-5H3,(H,21,24)(H,23,25). The van der Waals surface area contributed by atoms with Crippen LogP contribution in [0.2, 0.25) is 0 Å². The van der Waals surface area contributed by atoms with Gasteiger partial charge in [0.25, 0.3) is 5.91 Å². The van der Waals surface area contributed by atoms with Gasteiger partial charge in [0.2, 0.25) is 5.91 Å². The third kappa shape index (κ3) is 9.75. The van der Waals surface area contributed by atoms with Gasteiger partial charge >= 0.3 is 0 Å². The molecule has 0 aromatic heterocycles. The van der Waals surface area contributed by atoms with E-state index in [4.69, 9.17) is 9.47 Å². The summed E-state index contributed by atoms with van der Waals surface area (Å²) in [7, 11) is 1.62. The first kappa shape index (κ1) is 22.6. The maximum atomic E-state index is 11.8. The molecule has 0 bridgehead atoms. The summed E-state index contributed by atoms with van der Waals surface area (Å²) in [4.78, 5) is 23.5. The summed E-state index contributed by atoms with van der Waals surface area (Å²) in [5.41, 5.74) is 4.17. The Morgan fingerprint density at radius 3 is 2.37 bits per heavy atom. The fourth-order valence-electron chi connectivity index (χ4n) is 2.17. The molecule has 0 fully saturated rings. The van der Waals surface area contributed by atoms with Crippen LogP contribution in [0.5, 0.6) is 5.75 Å². The lowest BCUT2D eigenvalue weighted by Gasteiger charge is -2.19. The van der Waals surface area contributed by atoms with Crippen LogP contribution in [0.4, 0.5) is 0 Å². The van der Waals surface area contributed by atoms with Crippen LogP contribution in [0.25, 0.3) is 0 Å². The zero-order valence-electron chi connectivity index (χ0n) is 16.9. The molecule has 0 heterocycles. The fraction of sp³-hybridized carbons (Fsp3) is 0.550. The Kier molecular flexibility index (Phi) is 9.50. The molecule has 0 aliphatic carbocycles. The molecule has 0 radical (unpaired) electrons. The average Bonchev–Trinajstić information content (AvgIpc) is 2.61. The van der Waals surface area contributed by atoms with E-state index in [0.717, 1.165) is 6.42 Å². The van der Waals surface area contributed by atoms with E-state index in [-0.39, 0.29) is 30.3 Å². The van der Waals surface area contributed by atoms with Crippen LogP contribution in [0.15, 0.2) is 29.4 Å². The zero-order chi connectivity index (χ0) is 20.3. The molecule has 1 aromatic rings. The summed E-state index contributed by atoms with van der Waals surface area (Å²) in [5, 5.41) is 6.68. The van der Waals surface area contributed by atoms with Crippen molar-refractivity contribution < 1.29 is 19.1 Å². The average molecular weight is 377 g/mol. The Morgan fingerprint density at radius 2 is 1.78 bits per heavy atom. The number of hydrogen-bond donors (Lipinski definition) is 2. The highest BCUT2D eigenvalue weighted by atomic mass is 16.5. The van der Waals surface area contributed by atoms with E-state index in [1.54, 1.807) is 14.0 Å². The Morgan fingerprint density at radius 1 is 1.11 bits per heavy atom. The molecule has 150 valence electrons. The van der Waals surface area contributed by atoms with E-state index >= 15 is 0 Å². The fourth-order valence-corrected chi connectivity index (χ4v) is 2.17. The number of rotatable bonds is 10. The van der Waals surface area contributed by atoms with Crippen molar-refractivity contribution >= 4 is 17.5 Å². The first-order chi connectivity index (χ1) is 12.7. The molecule has 7 nitrogen and oxygen atoms in total. The number of nitrogens with one attached hydrogen (secondary N) is 2. The van der Waals surface area contributed by atoms with Crippen molar-refractivity contribution in [3.8, 4) is 5.75 Å². The summed E-state index contributed by atoms with van der Waals surface area (Å²) in [6, 6.07) is 7.66. The SMILES string of the molecule is COCCCNC(=O)CC(C)=NNC(=O)COc1ccc(C(C)(C)C)cc1. The number of ether oxygens (including phenoxy) is 2. The van der Waals surface area contributed by atoms with Gasteiger partial charge in [-0.25, -0.2) is 5.43 Å². The Balaban J connectivity index is 2.33. The van der Waals surface area contributed by atoms with Gasteiger partial charge in [-0.05, 0) is 36.5 Å². The second kappa shape index (κ2) is 11.3. The number of hydrazone groups is 1. The monoisotopic (exact) mass is 377 g/mol. The van der Waals surface area contributed by atoms with E-state index in [1.165, 1.54) is 5.56 Å². The smallest absolute Gasteiger partial charge is 0.277 e. The minimum atomic E-state index is -0.380. The Bertz CT molecular complexity index is 634. The molecule has 0 saturated carbocycles. The lowest BCUT2D eigenvalue weighted by atomic mass is 9.87. The predicted octanol–water partition coefficient (Wildman–Crippen LogP) is 2.40. The van der Waals surface area contributed by atoms with Crippen molar-refractivity contribution in [2.45, 2.75) is 46.0 Å². The third-order valence-electron chi connectivity index (χ3n) is 3.73. The molecule has 2 N–H and O–H groups in total. The highest BCUT2D eigenvalue weighted by Crippen LogP contribution is 2.24. The van der Waals surface area contributed by atoms with Gasteiger partial charge in [0.1, 0.15) is 5.75 Å². The van der Waals surface area contributed by atoms with Gasteiger partial charge in [-0.1, -0.05) is 32.9 Å². The van der Waals surface area contributed by atoms with Crippen LogP contribution in [-0.2, 0) is 19.7 Å². The summed E-state index contributed by atoms with van der Waals surface area (Å²) >= 11 is 0. The molecular formula is C20H31N3O4. The highest BCUT2D eigenvalue weighted by molar-refractivity contribution is 6.00. The Labute approximate surface area is 161 Å². The van der Waals surface area contributed by atoms with E-state index in [9.17, 15) is 9.59 Å². The predicted molar refractivity (Wildman–Crippen MR) is 106 cm³/mol. The third-order valence-corrected chi connectivity index (χ3v) is 3.73. The minimum absolute atomic E-state index is 0.0677. The second-order valence-electron chi connectivity index (χ2n) is 7.32. The quantitative estimate of drug-likeness (QED) is 0.372. The molecular weight excluding hydrogens is 346 g/mol. The van der Waals surface area contributed by atoms with Gasteiger partial charge < -0.3 is 14.8 Å². The van der Waals surface area contributed by atoms with Crippen molar-refractivity contribution in [2.24, 2.45) is 5.10 Å². The molecule has 27 heavy (non-hydrogen) atoms. The number of benzene rings is 1. The lowest BCUT2D eigenvalue weighted by molar-refractivity contribution is -0.123. The number of methoxy groups -OCH3 is 1. The molecule has 0 aliphatic heterocycles. The van der Waals surface area contributed by atoms with Crippen molar-refractivity contribution in [2.75, 3.05) is 26.9 Å². The van der Waals surface area contributed by atoms with E-state index in [1.807, 2.05) is 24.3 Å². The molecule has 0 aliphatic rings. The van der Waals surface area contributed by atoms with Crippen molar-refractivity contribution in [1.29, 1.82) is 0 Å².